The lowest BCUT2D eigenvalue weighted by Gasteiger charge is -2.23. The minimum atomic E-state index is -1.82. The van der Waals surface area contributed by atoms with Crippen molar-refractivity contribution in [2.24, 2.45) is 0 Å². The number of benzene rings is 1. The summed E-state index contributed by atoms with van der Waals surface area (Å²) in [5.74, 6) is -4.19. The summed E-state index contributed by atoms with van der Waals surface area (Å²) in [6, 6.07) is 7.75. The molecule has 14 heteroatoms. The topological polar surface area (TPSA) is 205 Å². The minimum absolute atomic E-state index is 0.148. The Morgan fingerprint density at radius 2 is 1.36 bits per heavy atom. The van der Waals surface area contributed by atoms with Gasteiger partial charge < -0.3 is 44.4 Å². The normalized spacial score (nSPS) is 10.6. The van der Waals surface area contributed by atoms with E-state index in [2.05, 4.69) is 10.2 Å². The Hall–Kier alpha value is -4.30. The van der Waals surface area contributed by atoms with Crippen molar-refractivity contribution >= 4 is 23.9 Å². The summed E-state index contributed by atoms with van der Waals surface area (Å²) in [4.78, 5) is 38.5. The second kappa shape index (κ2) is 16.3. The Morgan fingerprint density at radius 3 is 1.67 bits per heavy atom. The second-order valence-corrected chi connectivity index (χ2v) is 6.86. The first kappa shape index (κ1) is 31.7. The van der Waals surface area contributed by atoms with E-state index in [1.54, 1.807) is 27.6 Å². The van der Waals surface area contributed by atoms with Crippen molar-refractivity contribution in [1.29, 1.82) is 0 Å². The fourth-order valence-electron chi connectivity index (χ4n) is 2.60. The predicted molar refractivity (Wildman–Crippen MR) is 123 cm³/mol. The van der Waals surface area contributed by atoms with E-state index in [9.17, 15) is 0 Å². The van der Waals surface area contributed by atoms with Gasteiger partial charge in [-0.3, -0.25) is 4.90 Å². The maximum absolute atomic E-state index is 9.10. The Kier molecular flexibility index (Phi) is 14.4. The molecule has 0 spiro atoms. The molecule has 14 nitrogen and oxygen atoms in total. The van der Waals surface area contributed by atoms with Gasteiger partial charge in [-0.15, -0.1) is 0 Å². The third-order valence-electron chi connectivity index (χ3n) is 4.32. The van der Waals surface area contributed by atoms with Crippen molar-refractivity contribution in [3.63, 3.8) is 0 Å². The van der Waals surface area contributed by atoms with Crippen LogP contribution in [0.3, 0.4) is 0 Å². The van der Waals surface area contributed by atoms with Gasteiger partial charge in [-0.25, -0.2) is 19.2 Å². The standard InChI is InChI=1S/C18H26N2O4.2C2H2O4/c1-20(2)15(16-7-6-8-24-16)12-19-11-14-17(22-4)9-13(21-3)10-18(14)23-5;2*3-1(4)2(5)6/h6-10,15,19H,11-12H2,1-5H3;2*(H,3,4)(H,5,6). The molecule has 5 N–H and O–H groups in total. The summed E-state index contributed by atoms with van der Waals surface area (Å²) in [5.41, 5.74) is 0.956. The van der Waals surface area contributed by atoms with Gasteiger partial charge in [0, 0.05) is 25.2 Å². The van der Waals surface area contributed by atoms with Crippen molar-refractivity contribution in [3.05, 3.63) is 41.9 Å². The quantitative estimate of drug-likeness (QED) is 0.296. The molecule has 0 saturated carbocycles. The van der Waals surface area contributed by atoms with Crippen molar-refractivity contribution in [2.45, 2.75) is 12.6 Å². The molecule has 1 aromatic heterocycles. The van der Waals surface area contributed by atoms with Gasteiger partial charge in [0.15, 0.2) is 0 Å². The lowest BCUT2D eigenvalue weighted by molar-refractivity contribution is -0.159. The van der Waals surface area contributed by atoms with Crippen LogP contribution in [0.25, 0.3) is 0 Å². The van der Waals surface area contributed by atoms with Crippen LogP contribution in [0.2, 0.25) is 0 Å². The van der Waals surface area contributed by atoms with Crippen LogP contribution < -0.4 is 19.5 Å². The maximum atomic E-state index is 9.10. The highest BCUT2D eigenvalue weighted by Crippen LogP contribution is 2.34. The monoisotopic (exact) mass is 514 g/mol. The molecule has 0 aliphatic carbocycles. The van der Waals surface area contributed by atoms with Crippen LogP contribution in [0.15, 0.2) is 34.9 Å². The van der Waals surface area contributed by atoms with Crippen molar-refractivity contribution in [3.8, 4) is 17.2 Å². The van der Waals surface area contributed by atoms with Crippen molar-refractivity contribution in [1.82, 2.24) is 10.2 Å². The fourth-order valence-corrected chi connectivity index (χ4v) is 2.60. The molecular formula is C22H30N2O12. The molecule has 1 heterocycles. The Balaban J connectivity index is 0.000000846. The lowest BCUT2D eigenvalue weighted by Crippen LogP contribution is -2.30. The molecule has 1 unspecified atom stereocenters. The summed E-state index contributed by atoms with van der Waals surface area (Å²) >= 11 is 0. The van der Waals surface area contributed by atoms with Gasteiger partial charge in [0.2, 0.25) is 0 Å². The van der Waals surface area contributed by atoms with E-state index in [1.807, 2.05) is 38.4 Å². The molecule has 0 aliphatic heterocycles. The third-order valence-corrected chi connectivity index (χ3v) is 4.32. The predicted octanol–water partition coefficient (Wildman–Crippen LogP) is 1.01. The van der Waals surface area contributed by atoms with E-state index >= 15 is 0 Å². The largest absolute Gasteiger partial charge is 0.496 e. The van der Waals surface area contributed by atoms with E-state index < -0.39 is 23.9 Å². The Bertz CT molecular complexity index is 916. The van der Waals surface area contributed by atoms with Gasteiger partial charge in [0.1, 0.15) is 23.0 Å². The number of carboxylic acid groups (broad SMARTS) is 4. The number of methoxy groups -OCH3 is 3. The van der Waals surface area contributed by atoms with E-state index in [4.69, 9.17) is 58.2 Å². The molecule has 0 aliphatic rings. The van der Waals surface area contributed by atoms with Crippen LogP contribution in [0.1, 0.15) is 17.4 Å². The zero-order chi connectivity index (χ0) is 27.8. The molecule has 2 aromatic rings. The van der Waals surface area contributed by atoms with Gasteiger partial charge in [0.25, 0.3) is 0 Å². The van der Waals surface area contributed by atoms with Crippen molar-refractivity contribution < 1.29 is 58.2 Å². The van der Waals surface area contributed by atoms with Gasteiger partial charge in [-0.1, -0.05) is 0 Å². The summed E-state index contributed by atoms with van der Waals surface area (Å²) in [7, 11) is 8.97. The van der Waals surface area contributed by atoms with Crippen LogP contribution in [-0.2, 0) is 25.7 Å². The smallest absolute Gasteiger partial charge is 0.414 e. The average Bonchev–Trinajstić information content (AvgIpc) is 3.36. The number of likely N-dealkylation sites (N-methyl/N-ethyl adjacent to an activating group) is 1. The zero-order valence-electron chi connectivity index (χ0n) is 20.4. The zero-order valence-corrected chi connectivity index (χ0v) is 20.4. The number of nitrogens with zero attached hydrogens (tertiary/aromatic N) is 1. The first-order chi connectivity index (χ1) is 16.9. The number of furan rings is 1. The van der Waals surface area contributed by atoms with Gasteiger partial charge in [-0.05, 0) is 26.2 Å². The number of aliphatic carboxylic acids is 4. The number of carboxylic acids is 4. The number of ether oxygens (including phenoxy) is 3. The number of nitrogens with one attached hydrogen (secondary N) is 1. The highest BCUT2D eigenvalue weighted by Gasteiger charge is 2.18. The van der Waals surface area contributed by atoms with E-state index in [0.717, 1.165) is 29.4 Å². The maximum Gasteiger partial charge on any atom is 0.414 e. The number of hydrogen-bond acceptors (Lipinski definition) is 10. The molecule has 0 saturated heterocycles. The molecular weight excluding hydrogens is 484 g/mol. The Morgan fingerprint density at radius 1 is 0.889 bits per heavy atom. The summed E-state index contributed by atoms with van der Waals surface area (Å²) in [6.07, 6.45) is 1.70. The molecule has 2 rings (SSSR count). The first-order valence-electron chi connectivity index (χ1n) is 10.0. The average molecular weight is 514 g/mol. The van der Waals surface area contributed by atoms with Crippen molar-refractivity contribution in [2.75, 3.05) is 42.0 Å². The van der Waals surface area contributed by atoms with E-state index in [1.165, 1.54) is 0 Å². The summed E-state index contributed by atoms with van der Waals surface area (Å²) in [5, 5.41) is 33.0. The molecule has 200 valence electrons. The summed E-state index contributed by atoms with van der Waals surface area (Å²) in [6.45, 7) is 1.35. The number of hydrogen-bond donors (Lipinski definition) is 5. The van der Waals surface area contributed by atoms with Crippen LogP contribution >= 0.6 is 0 Å². The number of rotatable bonds is 9. The van der Waals surface area contributed by atoms with E-state index in [-0.39, 0.29) is 6.04 Å². The minimum Gasteiger partial charge on any atom is -0.496 e. The highest BCUT2D eigenvalue weighted by atomic mass is 16.5. The fraction of sp³-hybridized carbons (Fsp3) is 0.364. The SMILES string of the molecule is COc1cc(OC)c(CNCC(c2ccco2)N(C)C)c(OC)c1.O=C(O)C(=O)O.O=C(O)C(=O)O. The summed E-state index contributed by atoms with van der Waals surface area (Å²) < 4.78 is 21.8. The molecule has 0 bridgehead atoms. The molecule has 0 fully saturated rings. The third kappa shape index (κ3) is 11.2. The van der Waals surface area contributed by atoms with Crippen LogP contribution in [0.5, 0.6) is 17.2 Å². The van der Waals surface area contributed by atoms with Crippen LogP contribution in [0, 0.1) is 0 Å². The van der Waals surface area contributed by atoms with E-state index in [0.29, 0.717) is 12.3 Å². The molecule has 0 amide bonds. The molecule has 0 radical (unpaired) electrons. The van der Waals surface area contributed by atoms with Crippen LogP contribution in [-0.4, -0.2) is 91.2 Å². The first-order valence-corrected chi connectivity index (χ1v) is 10.0. The van der Waals surface area contributed by atoms with Gasteiger partial charge in [0.05, 0.1) is 39.2 Å². The van der Waals surface area contributed by atoms with Crippen LogP contribution in [0.4, 0.5) is 0 Å². The lowest BCUT2D eigenvalue weighted by atomic mass is 10.1. The van der Waals surface area contributed by atoms with Gasteiger partial charge in [-0.2, -0.15) is 0 Å². The molecule has 36 heavy (non-hydrogen) atoms. The molecule has 1 atom stereocenters. The Labute approximate surface area is 206 Å². The number of carbonyl (C=O) groups is 4. The highest BCUT2D eigenvalue weighted by molar-refractivity contribution is 6.27. The van der Waals surface area contributed by atoms with Gasteiger partial charge >= 0.3 is 23.9 Å². The molecule has 1 aromatic carbocycles. The second-order valence-electron chi connectivity index (χ2n) is 6.86.